The zero-order valence-electron chi connectivity index (χ0n) is 18.4. The minimum absolute atomic E-state index is 0.238. The standard InChI is InChI=1S/C24H23F3N4O/c1-12-10-28-20-15(12)7-6-8-16(20)19-14(3)21-17(9-18(19)32-24(25,26)27)30-23(4,5)22-29-11-13(2)31(21)22/h6-11,28,30H,1-5H3. The van der Waals surface area contributed by atoms with Gasteiger partial charge in [0.05, 0.1) is 22.4 Å². The Morgan fingerprint density at radius 2 is 1.88 bits per heavy atom. The summed E-state index contributed by atoms with van der Waals surface area (Å²) in [6.07, 6.45) is -1.19. The summed E-state index contributed by atoms with van der Waals surface area (Å²) in [4.78, 5) is 7.79. The van der Waals surface area contributed by atoms with Gasteiger partial charge in [-0.15, -0.1) is 13.2 Å². The number of fused-ring (bicyclic) bond motifs is 4. The fourth-order valence-electron chi connectivity index (χ4n) is 4.76. The number of imidazole rings is 1. The van der Waals surface area contributed by atoms with Crippen LogP contribution in [0.15, 0.2) is 36.7 Å². The largest absolute Gasteiger partial charge is 0.573 e. The van der Waals surface area contributed by atoms with Gasteiger partial charge in [-0.05, 0) is 45.7 Å². The van der Waals surface area contributed by atoms with Gasteiger partial charge >= 0.3 is 6.36 Å². The predicted octanol–water partition coefficient (Wildman–Crippen LogP) is 6.51. The van der Waals surface area contributed by atoms with Crippen molar-refractivity contribution in [1.82, 2.24) is 14.5 Å². The number of para-hydroxylation sites is 1. The highest BCUT2D eigenvalue weighted by Crippen LogP contribution is 2.48. The van der Waals surface area contributed by atoms with Gasteiger partial charge in [0.15, 0.2) is 0 Å². The number of aromatic amines is 1. The van der Waals surface area contributed by atoms with E-state index < -0.39 is 11.9 Å². The molecule has 0 saturated carbocycles. The van der Waals surface area contributed by atoms with Crippen molar-refractivity contribution in [2.75, 3.05) is 5.32 Å². The molecule has 0 bridgehead atoms. The average molecular weight is 440 g/mol. The Labute approximate surface area is 183 Å². The summed E-state index contributed by atoms with van der Waals surface area (Å²) in [6, 6.07) is 7.07. The Hall–Kier alpha value is -3.42. The number of H-pyrrole nitrogens is 1. The van der Waals surface area contributed by atoms with Crippen LogP contribution in [0, 0.1) is 20.8 Å². The first-order valence-corrected chi connectivity index (χ1v) is 10.3. The van der Waals surface area contributed by atoms with Crippen LogP contribution in [0.1, 0.15) is 36.5 Å². The van der Waals surface area contributed by atoms with Gasteiger partial charge in [-0.3, -0.25) is 4.57 Å². The number of halogens is 3. The quantitative estimate of drug-likeness (QED) is 0.374. The van der Waals surface area contributed by atoms with E-state index in [1.807, 2.05) is 63.6 Å². The van der Waals surface area contributed by atoms with Crippen LogP contribution in [-0.2, 0) is 5.54 Å². The summed E-state index contributed by atoms with van der Waals surface area (Å²) >= 11 is 0. The van der Waals surface area contributed by atoms with Gasteiger partial charge in [0.25, 0.3) is 0 Å². The molecule has 2 aromatic heterocycles. The van der Waals surface area contributed by atoms with E-state index in [2.05, 4.69) is 20.0 Å². The first kappa shape index (κ1) is 20.5. The normalized spacial score (nSPS) is 14.8. The molecule has 0 saturated heterocycles. The number of nitrogens with one attached hydrogen (secondary N) is 2. The minimum Gasteiger partial charge on any atom is -0.405 e. The molecule has 0 spiro atoms. The highest BCUT2D eigenvalue weighted by atomic mass is 19.4. The molecule has 32 heavy (non-hydrogen) atoms. The smallest absolute Gasteiger partial charge is 0.405 e. The van der Waals surface area contributed by atoms with Crippen molar-refractivity contribution in [2.45, 2.75) is 46.5 Å². The fraction of sp³-hybridized carbons (Fsp3) is 0.292. The Morgan fingerprint density at radius 3 is 2.59 bits per heavy atom. The molecule has 4 aromatic rings. The molecular weight excluding hydrogens is 417 g/mol. The van der Waals surface area contributed by atoms with E-state index in [-0.39, 0.29) is 5.75 Å². The van der Waals surface area contributed by atoms with E-state index in [1.165, 1.54) is 6.07 Å². The fourth-order valence-corrected chi connectivity index (χ4v) is 4.76. The van der Waals surface area contributed by atoms with Crippen molar-refractivity contribution in [3.63, 3.8) is 0 Å². The number of hydrogen-bond acceptors (Lipinski definition) is 3. The topological polar surface area (TPSA) is 54.9 Å². The van der Waals surface area contributed by atoms with E-state index in [0.717, 1.165) is 33.7 Å². The van der Waals surface area contributed by atoms with Crippen LogP contribution >= 0.6 is 0 Å². The number of ether oxygens (including phenoxy) is 1. The van der Waals surface area contributed by atoms with Crippen molar-refractivity contribution >= 4 is 16.6 Å². The van der Waals surface area contributed by atoms with E-state index in [1.54, 1.807) is 6.20 Å². The van der Waals surface area contributed by atoms with Gasteiger partial charge in [0.2, 0.25) is 0 Å². The van der Waals surface area contributed by atoms with E-state index in [4.69, 9.17) is 0 Å². The number of hydrogen-bond donors (Lipinski definition) is 2. The molecule has 1 aliphatic heterocycles. The molecule has 3 heterocycles. The molecule has 5 rings (SSSR count). The molecule has 0 atom stereocenters. The molecule has 166 valence electrons. The predicted molar refractivity (Wildman–Crippen MR) is 118 cm³/mol. The molecule has 0 unspecified atom stereocenters. The van der Waals surface area contributed by atoms with Gasteiger partial charge in [0, 0.05) is 40.7 Å². The van der Waals surface area contributed by atoms with Gasteiger partial charge < -0.3 is 15.0 Å². The van der Waals surface area contributed by atoms with Gasteiger partial charge in [0.1, 0.15) is 11.6 Å². The summed E-state index contributed by atoms with van der Waals surface area (Å²) in [5.74, 6) is 0.563. The number of rotatable bonds is 2. The lowest BCUT2D eigenvalue weighted by molar-refractivity contribution is -0.274. The third-order valence-electron chi connectivity index (χ3n) is 6.09. The van der Waals surface area contributed by atoms with Crippen LogP contribution < -0.4 is 10.1 Å². The monoisotopic (exact) mass is 440 g/mol. The van der Waals surface area contributed by atoms with Crippen molar-refractivity contribution in [1.29, 1.82) is 0 Å². The summed E-state index contributed by atoms with van der Waals surface area (Å²) in [5.41, 5.74) is 5.20. The van der Waals surface area contributed by atoms with E-state index >= 15 is 0 Å². The lowest BCUT2D eigenvalue weighted by Gasteiger charge is -2.36. The molecule has 0 amide bonds. The second-order valence-corrected chi connectivity index (χ2v) is 8.83. The van der Waals surface area contributed by atoms with Gasteiger partial charge in [-0.25, -0.2) is 4.98 Å². The SMILES string of the molecule is Cc1c(-c2cccc3c(C)c[nH]c23)c(OC(F)(F)F)cc2c1-n1c(C)cnc1C(C)(C)N2. The molecule has 2 aromatic carbocycles. The van der Waals surface area contributed by atoms with E-state index in [9.17, 15) is 13.2 Å². The van der Waals surface area contributed by atoms with Crippen LogP contribution in [0.25, 0.3) is 27.7 Å². The zero-order chi connectivity index (χ0) is 23.0. The Morgan fingerprint density at radius 1 is 1.12 bits per heavy atom. The highest BCUT2D eigenvalue weighted by Gasteiger charge is 2.38. The van der Waals surface area contributed by atoms with Crippen LogP contribution in [0.2, 0.25) is 0 Å². The van der Waals surface area contributed by atoms with Crippen LogP contribution in [0.3, 0.4) is 0 Å². The first-order chi connectivity index (χ1) is 15.0. The van der Waals surface area contributed by atoms with Crippen LogP contribution in [0.4, 0.5) is 18.9 Å². The number of nitrogens with zero attached hydrogens (tertiary/aromatic N) is 2. The second kappa shape index (κ2) is 6.54. The van der Waals surface area contributed by atoms with Crippen molar-refractivity contribution < 1.29 is 17.9 Å². The second-order valence-electron chi connectivity index (χ2n) is 8.83. The molecule has 0 fully saturated rings. The lowest BCUT2D eigenvalue weighted by atomic mass is 9.92. The third kappa shape index (κ3) is 2.97. The zero-order valence-corrected chi connectivity index (χ0v) is 18.4. The van der Waals surface area contributed by atoms with Crippen molar-refractivity contribution in [3.8, 4) is 22.6 Å². The molecule has 1 aliphatic rings. The highest BCUT2D eigenvalue weighted by molar-refractivity contribution is 5.99. The Kier molecular flexibility index (Phi) is 4.19. The number of aryl methyl sites for hydroxylation is 2. The molecule has 2 N–H and O–H groups in total. The van der Waals surface area contributed by atoms with Crippen molar-refractivity contribution in [3.05, 3.63) is 59.3 Å². The maximum absolute atomic E-state index is 13.5. The molecule has 5 nitrogen and oxygen atoms in total. The summed E-state index contributed by atoms with van der Waals surface area (Å²) < 4.78 is 47.0. The molecular formula is C24H23F3N4O. The Balaban J connectivity index is 1.88. The van der Waals surface area contributed by atoms with Crippen LogP contribution in [0.5, 0.6) is 5.75 Å². The molecule has 0 radical (unpaired) electrons. The average Bonchev–Trinajstić information content (AvgIpc) is 3.25. The molecule has 0 aliphatic carbocycles. The summed E-state index contributed by atoms with van der Waals surface area (Å²) in [5, 5.41) is 4.31. The number of benzene rings is 2. The number of aromatic nitrogens is 3. The molecule has 8 heteroatoms. The minimum atomic E-state index is -4.82. The summed E-state index contributed by atoms with van der Waals surface area (Å²) in [7, 11) is 0. The number of anilines is 1. The summed E-state index contributed by atoms with van der Waals surface area (Å²) in [6.45, 7) is 9.63. The van der Waals surface area contributed by atoms with Crippen LogP contribution in [-0.4, -0.2) is 20.9 Å². The van der Waals surface area contributed by atoms with E-state index in [0.29, 0.717) is 22.4 Å². The number of alkyl halides is 3. The third-order valence-corrected chi connectivity index (χ3v) is 6.09. The maximum Gasteiger partial charge on any atom is 0.573 e. The lowest BCUT2D eigenvalue weighted by Crippen LogP contribution is -2.36. The maximum atomic E-state index is 13.5. The van der Waals surface area contributed by atoms with Gasteiger partial charge in [-0.2, -0.15) is 0 Å². The Bertz CT molecular complexity index is 1380. The first-order valence-electron chi connectivity index (χ1n) is 10.3. The van der Waals surface area contributed by atoms with Crippen molar-refractivity contribution in [2.24, 2.45) is 0 Å². The van der Waals surface area contributed by atoms with Gasteiger partial charge in [-0.1, -0.05) is 18.2 Å².